The van der Waals surface area contributed by atoms with Gasteiger partial charge in [0.1, 0.15) is 0 Å². The molecule has 1 amide bonds. The Balaban J connectivity index is 1.59. The molecule has 1 saturated carbocycles. The Hall–Kier alpha value is -1.36. The van der Waals surface area contributed by atoms with Crippen LogP contribution < -0.4 is 5.32 Å². The molecule has 1 unspecified atom stereocenters. The molecule has 116 valence electrons. The highest BCUT2D eigenvalue weighted by molar-refractivity contribution is 5.82. The van der Waals surface area contributed by atoms with Gasteiger partial charge < -0.3 is 10.1 Å². The van der Waals surface area contributed by atoms with Crippen molar-refractivity contribution in [3.05, 3.63) is 17.0 Å². The second-order valence-electron chi connectivity index (χ2n) is 6.41. The Morgan fingerprint density at radius 2 is 2.14 bits per heavy atom. The van der Waals surface area contributed by atoms with Crippen molar-refractivity contribution in [2.75, 3.05) is 13.2 Å². The predicted octanol–water partition coefficient (Wildman–Crippen LogP) is 1.95. The number of hydrogen-bond donors (Lipinski definition) is 1. The van der Waals surface area contributed by atoms with Gasteiger partial charge in [-0.3, -0.25) is 9.48 Å². The van der Waals surface area contributed by atoms with E-state index in [0.29, 0.717) is 6.54 Å². The van der Waals surface area contributed by atoms with Crippen molar-refractivity contribution in [1.29, 1.82) is 0 Å². The van der Waals surface area contributed by atoms with E-state index in [9.17, 15) is 4.79 Å². The quantitative estimate of drug-likeness (QED) is 0.922. The van der Waals surface area contributed by atoms with Crippen LogP contribution in [-0.4, -0.2) is 28.9 Å². The molecule has 1 aliphatic carbocycles. The lowest BCUT2D eigenvalue weighted by Crippen LogP contribution is -2.29. The zero-order valence-corrected chi connectivity index (χ0v) is 13.2. The van der Waals surface area contributed by atoms with Gasteiger partial charge in [-0.05, 0) is 45.4 Å². The van der Waals surface area contributed by atoms with E-state index in [1.165, 1.54) is 0 Å². The molecule has 1 N–H and O–H groups in total. The number of carbonyl (C=O) groups excluding carboxylic acids is 1. The van der Waals surface area contributed by atoms with Crippen molar-refractivity contribution in [2.24, 2.45) is 11.3 Å². The Bertz CT molecular complexity index is 544. The van der Waals surface area contributed by atoms with E-state index in [-0.39, 0.29) is 17.2 Å². The van der Waals surface area contributed by atoms with Crippen LogP contribution >= 0.6 is 0 Å². The highest BCUT2D eigenvalue weighted by Crippen LogP contribution is 2.59. The second-order valence-corrected chi connectivity index (χ2v) is 6.41. The zero-order valence-electron chi connectivity index (χ0n) is 13.2. The van der Waals surface area contributed by atoms with Crippen molar-refractivity contribution in [2.45, 2.75) is 53.1 Å². The molecule has 1 aromatic rings. The van der Waals surface area contributed by atoms with Crippen molar-refractivity contribution in [1.82, 2.24) is 15.1 Å². The first-order valence-electron chi connectivity index (χ1n) is 7.96. The van der Waals surface area contributed by atoms with Crippen LogP contribution in [-0.2, 0) is 22.6 Å². The molecule has 3 rings (SSSR count). The van der Waals surface area contributed by atoms with Crippen LogP contribution in [0, 0.1) is 25.2 Å². The van der Waals surface area contributed by atoms with E-state index < -0.39 is 0 Å². The molecule has 1 atom stereocenters. The summed E-state index contributed by atoms with van der Waals surface area (Å²) in [6.07, 6.45) is 3.11. The number of ether oxygens (including phenoxy) is 1. The Labute approximate surface area is 126 Å². The highest BCUT2D eigenvalue weighted by Gasteiger charge is 2.57. The number of rotatable bonds is 4. The van der Waals surface area contributed by atoms with Crippen molar-refractivity contribution >= 4 is 5.91 Å². The molecule has 5 heteroatoms. The van der Waals surface area contributed by atoms with Gasteiger partial charge in [0.15, 0.2) is 0 Å². The second kappa shape index (κ2) is 5.44. The first kappa shape index (κ1) is 14.6. The first-order valence-corrected chi connectivity index (χ1v) is 7.96. The third-order valence-corrected chi connectivity index (χ3v) is 5.27. The fourth-order valence-corrected chi connectivity index (χ4v) is 3.65. The summed E-state index contributed by atoms with van der Waals surface area (Å²) < 4.78 is 7.40. The Kier molecular flexibility index (Phi) is 3.78. The van der Waals surface area contributed by atoms with E-state index in [1.807, 2.05) is 11.6 Å². The number of amides is 1. The SMILES string of the molecule is CCn1nc(C)c(CNC(=O)C2CC23CCOCC3)c1C. The predicted molar refractivity (Wildman–Crippen MR) is 79.8 cm³/mol. The lowest BCUT2D eigenvalue weighted by molar-refractivity contribution is -0.123. The standard InChI is InChI=1S/C16H25N3O2/c1-4-19-12(3)13(11(2)18-19)10-17-15(20)14-9-16(14)5-7-21-8-6-16/h14H,4-10H2,1-3H3,(H,17,20). The number of aromatic nitrogens is 2. The molecular formula is C16H25N3O2. The third-order valence-electron chi connectivity index (χ3n) is 5.27. The molecule has 0 radical (unpaired) electrons. The van der Waals surface area contributed by atoms with E-state index >= 15 is 0 Å². The van der Waals surface area contributed by atoms with E-state index in [4.69, 9.17) is 4.74 Å². The number of nitrogens with zero attached hydrogens (tertiary/aromatic N) is 2. The van der Waals surface area contributed by atoms with Crippen molar-refractivity contribution in [3.63, 3.8) is 0 Å². The van der Waals surface area contributed by atoms with Crippen LogP contribution in [0.1, 0.15) is 43.1 Å². The Morgan fingerprint density at radius 1 is 1.43 bits per heavy atom. The van der Waals surface area contributed by atoms with Gasteiger partial charge in [0, 0.05) is 43.5 Å². The highest BCUT2D eigenvalue weighted by atomic mass is 16.5. The molecule has 1 spiro atoms. The molecular weight excluding hydrogens is 266 g/mol. The molecule has 5 nitrogen and oxygen atoms in total. The largest absolute Gasteiger partial charge is 0.381 e. The average molecular weight is 291 g/mol. The van der Waals surface area contributed by atoms with Crippen LogP contribution in [0.15, 0.2) is 0 Å². The van der Waals surface area contributed by atoms with Crippen LogP contribution in [0.25, 0.3) is 0 Å². The van der Waals surface area contributed by atoms with Crippen LogP contribution in [0.2, 0.25) is 0 Å². The van der Waals surface area contributed by atoms with E-state index in [2.05, 4.69) is 24.3 Å². The summed E-state index contributed by atoms with van der Waals surface area (Å²) in [5.74, 6) is 0.406. The van der Waals surface area contributed by atoms with E-state index in [1.54, 1.807) is 0 Å². The number of aryl methyl sites for hydroxylation is 2. The number of nitrogens with one attached hydrogen (secondary N) is 1. The summed E-state index contributed by atoms with van der Waals surface area (Å²) in [4.78, 5) is 12.4. The van der Waals surface area contributed by atoms with Crippen LogP contribution in [0.4, 0.5) is 0 Å². The van der Waals surface area contributed by atoms with Gasteiger partial charge in [-0.15, -0.1) is 0 Å². The molecule has 1 saturated heterocycles. The first-order chi connectivity index (χ1) is 10.1. The van der Waals surface area contributed by atoms with Gasteiger partial charge in [0.2, 0.25) is 5.91 Å². The summed E-state index contributed by atoms with van der Waals surface area (Å²) >= 11 is 0. The smallest absolute Gasteiger partial charge is 0.223 e. The minimum Gasteiger partial charge on any atom is -0.381 e. The lowest BCUT2D eigenvalue weighted by Gasteiger charge is -2.22. The fraction of sp³-hybridized carbons (Fsp3) is 0.750. The van der Waals surface area contributed by atoms with Gasteiger partial charge in [0.25, 0.3) is 0 Å². The molecule has 1 aliphatic heterocycles. The maximum absolute atomic E-state index is 12.4. The van der Waals surface area contributed by atoms with Crippen molar-refractivity contribution < 1.29 is 9.53 Å². The van der Waals surface area contributed by atoms with Gasteiger partial charge in [-0.2, -0.15) is 5.10 Å². The third kappa shape index (κ3) is 2.59. The van der Waals surface area contributed by atoms with Crippen LogP contribution in [0.5, 0.6) is 0 Å². The zero-order chi connectivity index (χ0) is 15.0. The topological polar surface area (TPSA) is 56.2 Å². The van der Waals surface area contributed by atoms with Crippen LogP contribution in [0.3, 0.4) is 0 Å². The summed E-state index contributed by atoms with van der Waals surface area (Å²) in [6, 6.07) is 0. The van der Waals surface area contributed by atoms with Crippen molar-refractivity contribution in [3.8, 4) is 0 Å². The summed E-state index contributed by atoms with van der Waals surface area (Å²) in [5.41, 5.74) is 3.59. The maximum atomic E-state index is 12.4. The monoisotopic (exact) mass is 291 g/mol. The van der Waals surface area contributed by atoms with E-state index in [0.717, 1.165) is 56.0 Å². The van der Waals surface area contributed by atoms with Gasteiger partial charge in [0.05, 0.1) is 5.69 Å². The number of carbonyl (C=O) groups is 1. The van der Waals surface area contributed by atoms with Gasteiger partial charge in [-0.25, -0.2) is 0 Å². The van der Waals surface area contributed by atoms with Gasteiger partial charge in [-0.1, -0.05) is 0 Å². The normalized spacial score (nSPS) is 23.3. The summed E-state index contributed by atoms with van der Waals surface area (Å²) in [7, 11) is 0. The van der Waals surface area contributed by atoms with Gasteiger partial charge >= 0.3 is 0 Å². The molecule has 2 aliphatic rings. The Morgan fingerprint density at radius 3 is 2.76 bits per heavy atom. The average Bonchev–Trinajstić information content (AvgIpc) is 3.10. The molecule has 1 aromatic heterocycles. The molecule has 21 heavy (non-hydrogen) atoms. The minimum atomic E-state index is 0.197. The minimum absolute atomic E-state index is 0.197. The molecule has 0 bridgehead atoms. The molecule has 2 heterocycles. The fourth-order valence-electron chi connectivity index (χ4n) is 3.65. The maximum Gasteiger partial charge on any atom is 0.223 e. The lowest BCUT2D eigenvalue weighted by atomic mass is 9.93. The summed E-state index contributed by atoms with van der Waals surface area (Å²) in [6.45, 7) is 9.25. The number of hydrogen-bond acceptors (Lipinski definition) is 3. The molecule has 0 aromatic carbocycles. The molecule has 2 fully saturated rings. The summed E-state index contributed by atoms with van der Waals surface area (Å²) in [5, 5.41) is 7.62.